The number of rotatable bonds is 4. The molecule has 1 aliphatic heterocycles. The monoisotopic (exact) mass is 290 g/mol. The minimum absolute atomic E-state index is 0.215. The fraction of sp³-hybridized carbons (Fsp3) is 0.588. The largest absolute Gasteiger partial charge is 0.444 e. The molecule has 1 aromatic rings. The highest BCUT2D eigenvalue weighted by Crippen LogP contribution is 2.21. The first-order valence-electron chi connectivity index (χ1n) is 7.68. The van der Waals surface area contributed by atoms with Gasteiger partial charge in [0, 0.05) is 25.2 Å². The van der Waals surface area contributed by atoms with Gasteiger partial charge in [0.1, 0.15) is 5.60 Å². The second-order valence-electron chi connectivity index (χ2n) is 6.62. The zero-order valence-corrected chi connectivity index (χ0v) is 13.4. The fourth-order valence-corrected chi connectivity index (χ4v) is 2.48. The summed E-state index contributed by atoms with van der Waals surface area (Å²) in [5, 5.41) is 3.62. The van der Waals surface area contributed by atoms with Crippen molar-refractivity contribution < 1.29 is 9.53 Å². The van der Waals surface area contributed by atoms with Gasteiger partial charge in [-0.2, -0.15) is 0 Å². The third-order valence-corrected chi connectivity index (χ3v) is 3.58. The molecule has 21 heavy (non-hydrogen) atoms. The first-order valence-corrected chi connectivity index (χ1v) is 7.68. The summed E-state index contributed by atoms with van der Waals surface area (Å²) in [6, 6.07) is 11.1. The van der Waals surface area contributed by atoms with E-state index in [1.54, 1.807) is 4.90 Å². The Morgan fingerprint density at radius 1 is 1.33 bits per heavy atom. The number of hydrogen-bond donors (Lipinski definition) is 1. The lowest BCUT2D eigenvalue weighted by Crippen LogP contribution is -2.61. The van der Waals surface area contributed by atoms with E-state index in [0.717, 1.165) is 19.5 Å². The molecule has 0 spiro atoms. The van der Waals surface area contributed by atoms with Crippen LogP contribution in [0.1, 0.15) is 45.7 Å². The molecule has 1 aromatic carbocycles. The van der Waals surface area contributed by atoms with E-state index in [4.69, 9.17) is 4.74 Å². The van der Waals surface area contributed by atoms with E-state index >= 15 is 0 Å². The summed E-state index contributed by atoms with van der Waals surface area (Å²) in [6.07, 6.45) is 0.820. The molecule has 1 fully saturated rings. The van der Waals surface area contributed by atoms with E-state index in [1.807, 2.05) is 26.8 Å². The van der Waals surface area contributed by atoms with Gasteiger partial charge in [-0.25, -0.2) is 4.79 Å². The van der Waals surface area contributed by atoms with Crippen LogP contribution in [0.25, 0.3) is 0 Å². The summed E-state index contributed by atoms with van der Waals surface area (Å²) < 4.78 is 5.37. The molecule has 1 unspecified atom stereocenters. The Balaban J connectivity index is 1.81. The van der Waals surface area contributed by atoms with Gasteiger partial charge in [-0.1, -0.05) is 37.3 Å². The van der Waals surface area contributed by atoms with Gasteiger partial charge in [0.25, 0.3) is 0 Å². The summed E-state index contributed by atoms with van der Waals surface area (Å²) in [6.45, 7) is 9.29. The Morgan fingerprint density at radius 2 is 1.95 bits per heavy atom. The van der Waals surface area contributed by atoms with Crippen molar-refractivity contribution in [3.63, 3.8) is 0 Å². The number of carbonyl (C=O) groups is 1. The van der Waals surface area contributed by atoms with Gasteiger partial charge in [0.05, 0.1) is 0 Å². The quantitative estimate of drug-likeness (QED) is 0.924. The molecule has 1 N–H and O–H groups in total. The summed E-state index contributed by atoms with van der Waals surface area (Å²) >= 11 is 0. The number of hydrogen-bond acceptors (Lipinski definition) is 3. The van der Waals surface area contributed by atoms with Gasteiger partial charge in [-0.3, -0.25) is 0 Å². The van der Waals surface area contributed by atoms with Crippen LogP contribution in [-0.2, 0) is 4.74 Å². The molecule has 0 aromatic heterocycles. The lowest BCUT2D eigenvalue weighted by Gasteiger charge is -2.41. The highest BCUT2D eigenvalue weighted by molar-refractivity contribution is 5.69. The van der Waals surface area contributed by atoms with E-state index in [1.165, 1.54) is 5.56 Å². The lowest BCUT2D eigenvalue weighted by atomic mass is 10.0. The van der Waals surface area contributed by atoms with Crippen molar-refractivity contribution in [2.24, 2.45) is 0 Å². The SMILES string of the molecule is CCC(NC1CN(C(=O)OC(C)(C)C)C1)c1ccccc1. The van der Waals surface area contributed by atoms with Crippen molar-refractivity contribution in [3.05, 3.63) is 35.9 Å². The average molecular weight is 290 g/mol. The second kappa shape index (κ2) is 6.48. The summed E-state index contributed by atoms with van der Waals surface area (Å²) in [7, 11) is 0. The zero-order chi connectivity index (χ0) is 15.5. The molecule has 0 bridgehead atoms. The van der Waals surface area contributed by atoms with Crippen molar-refractivity contribution in [1.82, 2.24) is 10.2 Å². The third-order valence-electron chi connectivity index (χ3n) is 3.58. The normalized spacial score (nSPS) is 17.2. The number of ether oxygens (including phenoxy) is 1. The maximum Gasteiger partial charge on any atom is 0.410 e. The molecule has 1 aliphatic rings. The Hall–Kier alpha value is -1.55. The molecule has 1 saturated heterocycles. The number of likely N-dealkylation sites (tertiary alicyclic amines) is 1. The van der Waals surface area contributed by atoms with Crippen LogP contribution in [0.15, 0.2) is 30.3 Å². The summed E-state index contributed by atoms with van der Waals surface area (Å²) in [4.78, 5) is 13.6. The van der Waals surface area contributed by atoms with Crippen LogP contribution in [0.5, 0.6) is 0 Å². The second-order valence-corrected chi connectivity index (χ2v) is 6.62. The van der Waals surface area contributed by atoms with Crippen LogP contribution in [-0.4, -0.2) is 35.7 Å². The van der Waals surface area contributed by atoms with Gasteiger partial charge in [-0.05, 0) is 32.8 Å². The molecular weight excluding hydrogens is 264 g/mol. The Bertz CT molecular complexity index is 461. The molecule has 116 valence electrons. The van der Waals surface area contributed by atoms with E-state index in [0.29, 0.717) is 12.1 Å². The zero-order valence-electron chi connectivity index (χ0n) is 13.4. The maximum absolute atomic E-state index is 11.9. The maximum atomic E-state index is 11.9. The predicted molar refractivity (Wildman–Crippen MR) is 84.2 cm³/mol. The number of benzene rings is 1. The molecule has 0 radical (unpaired) electrons. The van der Waals surface area contributed by atoms with Crippen LogP contribution in [0, 0.1) is 0 Å². The third kappa shape index (κ3) is 4.46. The highest BCUT2D eigenvalue weighted by Gasteiger charge is 2.34. The predicted octanol–water partition coefficient (Wildman–Crippen LogP) is 3.35. The Labute approximate surface area is 127 Å². The van der Waals surface area contributed by atoms with E-state index < -0.39 is 5.60 Å². The molecular formula is C17H26N2O2. The molecule has 4 heteroatoms. The van der Waals surface area contributed by atoms with Gasteiger partial charge in [0.2, 0.25) is 0 Å². The van der Waals surface area contributed by atoms with Gasteiger partial charge in [-0.15, -0.1) is 0 Å². The number of nitrogens with zero attached hydrogens (tertiary/aromatic N) is 1. The topological polar surface area (TPSA) is 41.6 Å². The van der Waals surface area contributed by atoms with Crippen LogP contribution in [0.4, 0.5) is 4.79 Å². The summed E-state index contributed by atoms with van der Waals surface area (Å²) in [5.41, 5.74) is 0.877. The molecule has 1 atom stereocenters. The van der Waals surface area contributed by atoms with Crippen LogP contribution in [0.3, 0.4) is 0 Å². The molecule has 1 heterocycles. The van der Waals surface area contributed by atoms with Crippen molar-refractivity contribution in [2.45, 2.75) is 51.8 Å². The Kier molecular flexibility index (Phi) is 4.88. The molecule has 0 aliphatic carbocycles. The number of amides is 1. The average Bonchev–Trinajstić information content (AvgIpc) is 2.36. The van der Waals surface area contributed by atoms with Crippen LogP contribution >= 0.6 is 0 Å². The summed E-state index contributed by atoms with van der Waals surface area (Å²) in [5.74, 6) is 0. The minimum atomic E-state index is -0.425. The molecule has 0 saturated carbocycles. The standard InChI is InChI=1S/C17H26N2O2/c1-5-15(13-9-7-6-8-10-13)18-14-11-19(12-14)16(20)21-17(2,3)4/h6-10,14-15,18H,5,11-12H2,1-4H3. The van der Waals surface area contributed by atoms with Crippen LogP contribution in [0.2, 0.25) is 0 Å². The molecule has 2 rings (SSSR count). The fourth-order valence-electron chi connectivity index (χ4n) is 2.48. The first kappa shape index (κ1) is 15.8. The molecule has 1 amide bonds. The van der Waals surface area contributed by atoms with Crippen molar-refractivity contribution in [3.8, 4) is 0 Å². The highest BCUT2D eigenvalue weighted by atomic mass is 16.6. The Morgan fingerprint density at radius 3 is 2.48 bits per heavy atom. The van der Waals surface area contributed by atoms with E-state index in [2.05, 4.69) is 36.5 Å². The van der Waals surface area contributed by atoms with Gasteiger partial charge in [0.15, 0.2) is 0 Å². The van der Waals surface area contributed by atoms with E-state index in [-0.39, 0.29) is 6.09 Å². The van der Waals surface area contributed by atoms with E-state index in [9.17, 15) is 4.79 Å². The number of nitrogens with one attached hydrogen (secondary N) is 1. The van der Waals surface area contributed by atoms with Crippen molar-refractivity contribution in [2.75, 3.05) is 13.1 Å². The first-order chi connectivity index (χ1) is 9.89. The van der Waals surface area contributed by atoms with Crippen molar-refractivity contribution in [1.29, 1.82) is 0 Å². The van der Waals surface area contributed by atoms with Gasteiger partial charge < -0.3 is 15.0 Å². The van der Waals surface area contributed by atoms with Gasteiger partial charge >= 0.3 is 6.09 Å². The van der Waals surface area contributed by atoms with Crippen LogP contribution < -0.4 is 5.32 Å². The molecule has 4 nitrogen and oxygen atoms in total. The number of carbonyl (C=O) groups excluding carboxylic acids is 1. The lowest BCUT2D eigenvalue weighted by molar-refractivity contribution is 0.00408. The van der Waals surface area contributed by atoms with Crippen molar-refractivity contribution >= 4 is 6.09 Å². The minimum Gasteiger partial charge on any atom is -0.444 e. The smallest absolute Gasteiger partial charge is 0.410 e.